The summed E-state index contributed by atoms with van der Waals surface area (Å²) in [6, 6.07) is 14.6. The second kappa shape index (κ2) is 6.72. The lowest BCUT2D eigenvalue weighted by Gasteiger charge is -2.11. The summed E-state index contributed by atoms with van der Waals surface area (Å²) in [4.78, 5) is 23.0. The van der Waals surface area contributed by atoms with Gasteiger partial charge in [0.15, 0.2) is 5.78 Å². The molecule has 0 bridgehead atoms. The number of hydrogen-bond acceptors (Lipinski definition) is 3. The van der Waals surface area contributed by atoms with E-state index in [1.807, 2.05) is 30.3 Å². The van der Waals surface area contributed by atoms with Crippen molar-refractivity contribution < 1.29 is 19.4 Å². The van der Waals surface area contributed by atoms with Gasteiger partial charge in [0, 0.05) is 23.1 Å². The molecule has 0 heterocycles. The molecule has 2 rings (SSSR count). The average molecular weight is 296 g/mol. The first-order chi connectivity index (χ1) is 10.5. The Labute approximate surface area is 128 Å². The molecule has 22 heavy (non-hydrogen) atoms. The molecular formula is C18H16O4. The molecule has 0 saturated carbocycles. The zero-order valence-corrected chi connectivity index (χ0v) is 12.2. The molecule has 2 aromatic carbocycles. The van der Waals surface area contributed by atoms with Crippen molar-refractivity contribution in [3.63, 3.8) is 0 Å². The number of Topliss-reactive ketones (excluding diaryl/α,β-unsaturated/α-hetero) is 1. The minimum atomic E-state index is -1.16. The maximum atomic E-state index is 12.2. The number of carboxylic acids is 1. The standard InChI is InChI=1S/C18H16O4/c1-12(18(20)21)10-16(19)14-8-9-17(22-2)15(11-14)13-6-4-3-5-7-13/h3-9,11H,1,10H2,2H3,(H,20,21). The van der Waals surface area contributed by atoms with Crippen molar-refractivity contribution in [1.29, 1.82) is 0 Å². The summed E-state index contributed by atoms with van der Waals surface area (Å²) >= 11 is 0. The molecule has 0 fully saturated rings. The number of carbonyl (C=O) groups is 2. The van der Waals surface area contributed by atoms with Gasteiger partial charge < -0.3 is 9.84 Å². The molecule has 1 N–H and O–H groups in total. The molecule has 112 valence electrons. The first-order valence-corrected chi connectivity index (χ1v) is 6.70. The minimum absolute atomic E-state index is 0.123. The normalized spacial score (nSPS) is 10.0. The zero-order chi connectivity index (χ0) is 16.1. The van der Waals surface area contributed by atoms with E-state index in [9.17, 15) is 9.59 Å². The smallest absolute Gasteiger partial charge is 0.331 e. The SMILES string of the molecule is C=C(CC(=O)c1ccc(OC)c(-c2ccccc2)c1)C(=O)O. The van der Waals surface area contributed by atoms with Gasteiger partial charge in [-0.1, -0.05) is 36.9 Å². The van der Waals surface area contributed by atoms with E-state index in [-0.39, 0.29) is 17.8 Å². The van der Waals surface area contributed by atoms with Crippen molar-refractivity contribution in [2.75, 3.05) is 7.11 Å². The first kappa shape index (κ1) is 15.5. The van der Waals surface area contributed by atoms with Crippen LogP contribution in [0.3, 0.4) is 0 Å². The fraction of sp³-hybridized carbons (Fsp3) is 0.111. The minimum Gasteiger partial charge on any atom is -0.496 e. The topological polar surface area (TPSA) is 63.6 Å². The van der Waals surface area contributed by atoms with Gasteiger partial charge in [-0.05, 0) is 23.8 Å². The van der Waals surface area contributed by atoms with Gasteiger partial charge in [0.25, 0.3) is 0 Å². The van der Waals surface area contributed by atoms with E-state index in [4.69, 9.17) is 9.84 Å². The lowest BCUT2D eigenvalue weighted by Crippen LogP contribution is -2.07. The van der Waals surface area contributed by atoms with Crippen LogP contribution < -0.4 is 4.74 Å². The van der Waals surface area contributed by atoms with Crippen molar-refractivity contribution >= 4 is 11.8 Å². The predicted octanol–water partition coefficient (Wildman–Crippen LogP) is 3.58. The van der Waals surface area contributed by atoms with Crippen molar-refractivity contribution in [3.05, 3.63) is 66.2 Å². The van der Waals surface area contributed by atoms with Crippen LogP contribution in [0.2, 0.25) is 0 Å². The Balaban J connectivity index is 2.37. The van der Waals surface area contributed by atoms with Crippen molar-refractivity contribution in [3.8, 4) is 16.9 Å². The second-order valence-corrected chi connectivity index (χ2v) is 4.79. The van der Waals surface area contributed by atoms with Crippen molar-refractivity contribution in [2.24, 2.45) is 0 Å². The lowest BCUT2D eigenvalue weighted by molar-refractivity contribution is -0.132. The Kier molecular flexibility index (Phi) is 4.73. The fourth-order valence-corrected chi connectivity index (χ4v) is 2.10. The second-order valence-electron chi connectivity index (χ2n) is 4.79. The number of hydrogen-bond donors (Lipinski definition) is 1. The molecule has 2 aromatic rings. The van der Waals surface area contributed by atoms with Crippen molar-refractivity contribution in [2.45, 2.75) is 6.42 Å². The predicted molar refractivity (Wildman–Crippen MR) is 84.2 cm³/mol. The van der Waals surface area contributed by atoms with Gasteiger partial charge in [-0.3, -0.25) is 4.79 Å². The number of carbonyl (C=O) groups excluding carboxylic acids is 1. The molecule has 0 aliphatic rings. The van der Waals surface area contributed by atoms with Crippen LogP contribution in [-0.2, 0) is 4.79 Å². The van der Waals surface area contributed by atoms with E-state index in [2.05, 4.69) is 6.58 Å². The Morgan fingerprint density at radius 1 is 1.14 bits per heavy atom. The quantitative estimate of drug-likeness (QED) is 0.653. The van der Waals surface area contributed by atoms with E-state index in [1.165, 1.54) is 0 Å². The maximum Gasteiger partial charge on any atom is 0.331 e. The van der Waals surface area contributed by atoms with Crippen molar-refractivity contribution in [1.82, 2.24) is 0 Å². The number of ether oxygens (including phenoxy) is 1. The molecule has 4 heteroatoms. The highest BCUT2D eigenvalue weighted by atomic mass is 16.5. The van der Waals surface area contributed by atoms with Crippen LogP contribution in [-0.4, -0.2) is 24.0 Å². The van der Waals surface area contributed by atoms with Crippen LogP contribution in [0.15, 0.2) is 60.7 Å². The summed E-state index contributed by atoms with van der Waals surface area (Å²) in [5.41, 5.74) is 2.02. The van der Waals surface area contributed by atoms with Gasteiger partial charge in [-0.25, -0.2) is 4.79 Å². The van der Waals surface area contributed by atoms with Gasteiger partial charge in [0.05, 0.1) is 7.11 Å². The third-order valence-electron chi connectivity index (χ3n) is 3.28. The Bertz CT molecular complexity index is 717. The highest BCUT2D eigenvalue weighted by Crippen LogP contribution is 2.31. The Morgan fingerprint density at radius 2 is 1.82 bits per heavy atom. The molecule has 0 amide bonds. The van der Waals surface area contributed by atoms with E-state index in [1.54, 1.807) is 25.3 Å². The third-order valence-corrected chi connectivity index (χ3v) is 3.28. The van der Waals surface area contributed by atoms with Gasteiger partial charge >= 0.3 is 5.97 Å². The first-order valence-electron chi connectivity index (χ1n) is 6.70. The van der Waals surface area contributed by atoms with Gasteiger partial charge in [0.2, 0.25) is 0 Å². The molecule has 0 aromatic heterocycles. The number of carboxylic acid groups (broad SMARTS) is 1. The molecule has 0 aliphatic carbocycles. The molecule has 0 spiro atoms. The van der Waals surface area contributed by atoms with E-state index in [0.29, 0.717) is 11.3 Å². The molecule has 0 radical (unpaired) electrons. The van der Waals surface area contributed by atoms with Crippen LogP contribution in [0.1, 0.15) is 16.8 Å². The van der Waals surface area contributed by atoms with E-state index >= 15 is 0 Å². The largest absolute Gasteiger partial charge is 0.496 e. The van der Waals surface area contributed by atoms with Gasteiger partial charge in [-0.2, -0.15) is 0 Å². The van der Waals surface area contributed by atoms with E-state index < -0.39 is 5.97 Å². The average Bonchev–Trinajstić information content (AvgIpc) is 2.54. The van der Waals surface area contributed by atoms with Crippen LogP contribution in [0.4, 0.5) is 0 Å². The van der Waals surface area contributed by atoms with Crippen LogP contribution in [0, 0.1) is 0 Å². The Hall–Kier alpha value is -2.88. The van der Waals surface area contributed by atoms with Crippen LogP contribution >= 0.6 is 0 Å². The zero-order valence-electron chi connectivity index (χ0n) is 12.2. The van der Waals surface area contributed by atoms with Gasteiger partial charge in [-0.15, -0.1) is 0 Å². The third kappa shape index (κ3) is 3.41. The summed E-state index contributed by atoms with van der Waals surface area (Å²) < 4.78 is 5.33. The fourth-order valence-electron chi connectivity index (χ4n) is 2.10. The Morgan fingerprint density at radius 3 is 2.41 bits per heavy atom. The number of methoxy groups -OCH3 is 1. The number of ketones is 1. The van der Waals surface area contributed by atoms with Crippen LogP contribution in [0.5, 0.6) is 5.75 Å². The summed E-state index contributed by atoms with van der Waals surface area (Å²) in [7, 11) is 1.57. The molecule has 0 unspecified atom stereocenters. The summed E-state index contributed by atoms with van der Waals surface area (Å²) in [6.07, 6.45) is -0.212. The van der Waals surface area contributed by atoms with Crippen LogP contribution in [0.25, 0.3) is 11.1 Å². The summed E-state index contributed by atoms with van der Waals surface area (Å²) in [5, 5.41) is 8.82. The summed E-state index contributed by atoms with van der Waals surface area (Å²) in [5.74, 6) is -0.794. The molecule has 0 aliphatic heterocycles. The number of benzene rings is 2. The maximum absolute atomic E-state index is 12.2. The lowest BCUT2D eigenvalue weighted by atomic mass is 9.98. The van der Waals surface area contributed by atoms with E-state index in [0.717, 1.165) is 11.1 Å². The summed E-state index contributed by atoms with van der Waals surface area (Å²) in [6.45, 7) is 3.39. The molecule has 0 saturated heterocycles. The number of aliphatic carboxylic acids is 1. The van der Waals surface area contributed by atoms with Gasteiger partial charge in [0.1, 0.15) is 5.75 Å². The monoisotopic (exact) mass is 296 g/mol. The molecular weight excluding hydrogens is 280 g/mol. The highest BCUT2D eigenvalue weighted by Gasteiger charge is 2.15. The number of rotatable bonds is 6. The highest BCUT2D eigenvalue weighted by molar-refractivity contribution is 6.03. The molecule has 0 atom stereocenters. The molecule has 4 nitrogen and oxygen atoms in total.